The molecular formula is C27H33FN3O3P. The van der Waals surface area contributed by atoms with E-state index in [1.54, 1.807) is 13.0 Å². The van der Waals surface area contributed by atoms with Crippen LogP contribution < -0.4 is 9.64 Å². The third-order valence-corrected chi connectivity index (χ3v) is 7.48. The highest BCUT2D eigenvalue weighted by Crippen LogP contribution is 2.51. The molecule has 3 heterocycles. The smallest absolute Gasteiger partial charge is 0.324 e. The van der Waals surface area contributed by atoms with Gasteiger partial charge in [-0.25, -0.2) is 4.39 Å². The fraction of sp³-hybridized carbons (Fsp3) is 0.444. The molecule has 1 aromatic carbocycles. The number of hydrogen-bond donors (Lipinski definition) is 0. The fourth-order valence-electron chi connectivity index (χ4n) is 4.58. The van der Waals surface area contributed by atoms with Crippen molar-refractivity contribution >= 4 is 27.1 Å². The lowest BCUT2D eigenvalue weighted by Gasteiger charge is -2.50. The van der Waals surface area contributed by atoms with Gasteiger partial charge in [0.2, 0.25) is 0 Å². The number of aromatic nitrogens is 2. The van der Waals surface area contributed by atoms with Gasteiger partial charge in [-0.15, -0.1) is 0 Å². The van der Waals surface area contributed by atoms with E-state index in [1.807, 2.05) is 62.1 Å². The minimum atomic E-state index is -1.61. The van der Waals surface area contributed by atoms with Crippen molar-refractivity contribution < 1.29 is 18.4 Å². The second kappa shape index (κ2) is 10.1. The number of nitrogens with zero attached hydrogens (tertiary/aromatic N) is 3. The van der Waals surface area contributed by atoms with Crippen LogP contribution in [-0.4, -0.2) is 40.5 Å². The quantitative estimate of drug-likeness (QED) is 0.217. The van der Waals surface area contributed by atoms with Crippen molar-refractivity contribution in [3.05, 3.63) is 65.0 Å². The number of carbonyl (C=O) groups excluding carboxylic acids is 1. The van der Waals surface area contributed by atoms with Crippen molar-refractivity contribution in [2.75, 3.05) is 18.0 Å². The third-order valence-electron chi connectivity index (χ3n) is 6.75. The molecule has 0 radical (unpaired) electrons. The monoisotopic (exact) mass is 497 g/mol. The number of aldehydes is 1. The lowest BCUT2D eigenvalue weighted by atomic mass is 9.80. The Morgan fingerprint density at radius 3 is 2.63 bits per heavy atom. The zero-order chi connectivity index (χ0) is 25.2. The van der Waals surface area contributed by atoms with Gasteiger partial charge in [0.1, 0.15) is 17.6 Å². The summed E-state index contributed by atoms with van der Waals surface area (Å²) in [5, 5.41) is 2.44. The first-order chi connectivity index (χ1) is 16.7. The number of fused-ring (bicyclic) bond motifs is 1. The summed E-state index contributed by atoms with van der Waals surface area (Å²) < 4.78 is 28.1. The largest absolute Gasteiger partial charge is 0.483 e. The van der Waals surface area contributed by atoms with Crippen molar-refractivity contribution in [1.29, 1.82) is 0 Å². The van der Waals surface area contributed by atoms with E-state index in [0.29, 0.717) is 43.3 Å². The summed E-state index contributed by atoms with van der Waals surface area (Å²) in [6, 6.07) is 6.38. The molecule has 0 bridgehead atoms. The fourth-order valence-corrected chi connectivity index (χ4v) is 5.15. The molecule has 0 amide bonds. The number of alkyl halides is 1. The molecular weight excluding hydrogens is 464 g/mol. The molecule has 1 fully saturated rings. The standard InChI is InChI=1S/C27H33FN3O3P/c1-5-6-20(8-7-19(4)17-32)21-9-10-23-22(15-21)16-27(28,35)26(33-23)11-13-31(14-12-26)25-29-24(18(2)3)30-34-25/h5-10,15,17-18H,11-14,16,35H2,1-4H3/b6-5-,19-7+,20-8+. The average molecular weight is 498 g/mol. The Hall–Kier alpha value is -2.79. The van der Waals surface area contributed by atoms with Crippen molar-refractivity contribution in [1.82, 2.24) is 10.1 Å². The van der Waals surface area contributed by atoms with Crippen molar-refractivity contribution in [3.63, 3.8) is 0 Å². The summed E-state index contributed by atoms with van der Waals surface area (Å²) >= 11 is 0. The molecule has 2 atom stereocenters. The van der Waals surface area contributed by atoms with Gasteiger partial charge in [-0.05, 0) is 48.3 Å². The lowest BCUT2D eigenvalue weighted by Crippen LogP contribution is -2.60. The number of hydrogen-bond acceptors (Lipinski definition) is 6. The van der Waals surface area contributed by atoms with E-state index >= 15 is 4.39 Å². The molecule has 1 saturated heterocycles. The number of ether oxygens (including phenoxy) is 1. The van der Waals surface area contributed by atoms with Crippen LogP contribution in [0.5, 0.6) is 5.75 Å². The van der Waals surface area contributed by atoms with Crippen LogP contribution in [0.25, 0.3) is 5.57 Å². The molecule has 4 rings (SSSR count). The number of carbonyl (C=O) groups is 1. The number of piperidine rings is 1. The molecule has 186 valence electrons. The Morgan fingerprint density at radius 1 is 1.26 bits per heavy atom. The molecule has 2 aliphatic heterocycles. The van der Waals surface area contributed by atoms with E-state index in [0.717, 1.165) is 28.7 Å². The van der Waals surface area contributed by atoms with Gasteiger partial charge in [-0.2, -0.15) is 4.98 Å². The Labute approximate surface area is 208 Å². The number of halogens is 1. The van der Waals surface area contributed by atoms with E-state index in [9.17, 15) is 4.79 Å². The van der Waals surface area contributed by atoms with E-state index in [-0.39, 0.29) is 12.3 Å². The van der Waals surface area contributed by atoms with E-state index < -0.39 is 11.0 Å². The second-order valence-electron chi connectivity index (χ2n) is 9.69. The van der Waals surface area contributed by atoms with Crippen LogP contribution in [0.2, 0.25) is 0 Å². The highest BCUT2D eigenvalue weighted by molar-refractivity contribution is 7.18. The second-order valence-corrected chi connectivity index (χ2v) is 10.6. The van der Waals surface area contributed by atoms with Crippen LogP contribution >= 0.6 is 9.24 Å². The molecule has 1 aromatic heterocycles. The summed E-state index contributed by atoms with van der Waals surface area (Å²) in [6.07, 6.45) is 9.68. The number of benzene rings is 1. The van der Waals surface area contributed by atoms with Gasteiger partial charge >= 0.3 is 6.01 Å². The van der Waals surface area contributed by atoms with Gasteiger partial charge in [0.15, 0.2) is 11.2 Å². The molecule has 2 aliphatic rings. The molecule has 0 saturated carbocycles. The maximum atomic E-state index is 16.2. The van der Waals surface area contributed by atoms with E-state index in [4.69, 9.17) is 9.26 Å². The SMILES string of the molecule is C\C=C/C(=C\C=C(/C)C=O)c1ccc2c(c1)CC(F)(P)C1(CCN(c3nc(C(C)C)no3)CC1)O2. The van der Waals surface area contributed by atoms with Crippen molar-refractivity contribution in [2.24, 2.45) is 0 Å². The van der Waals surface area contributed by atoms with Gasteiger partial charge in [0, 0.05) is 38.3 Å². The molecule has 2 unspecified atom stereocenters. The molecule has 35 heavy (non-hydrogen) atoms. The minimum Gasteiger partial charge on any atom is -0.483 e. The highest BCUT2D eigenvalue weighted by Gasteiger charge is 2.56. The van der Waals surface area contributed by atoms with Crippen molar-refractivity contribution in [3.8, 4) is 5.75 Å². The van der Waals surface area contributed by atoms with Crippen LogP contribution in [0.15, 0.2) is 52.6 Å². The predicted octanol–water partition coefficient (Wildman–Crippen LogP) is 5.81. The van der Waals surface area contributed by atoms with Gasteiger partial charge < -0.3 is 14.2 Å². The van der Waals surface area contributed by atoms with Crippen LogP contribution in [-0.2, 0) is 11.2 Å². The maximum absolute atomic E-state index is 16.2. The number of anilines is 1. The van der Waals surface area contributed by atoms with Crippen LogP contribution in [0.4, 0.5) is 10.4 Å². The summed E-state index contributed by atoms with van der Waals surface area (Å²) in [5.74, 6) is 1.58. The van der Waals surface area contributed by atoms with Crippen LogP contribution in [0.1, 0.15) is 63.4 Å². The Kier molecular flexibility index (Phi) is 7.27. The molecule has 1 spiro atoms. The normalized spacial score (nSPS) is 22.5. The molecule has 2 aromatic rings. The number of allylic oxidation sites excluding steroid dienone is 6. The number of rotatable bonds is 6. The molecule has 0 aliphatic carbocycles. The van der Waals surface area contributed by atoms with Gasteiger partial charge in [0.05, 0.1) is 0 Å². The third kappa shape index (κ3) is 5.11. The zero-order valence-corrected chi connectivity index (χ0v) is 21.9. The molecule has 0 N–H and O–H groups in total. The Morgan fingerprint density at radius 2 is 2.00 bits per heavy atom. The lowest BCUT2D eigenvalue weighted by molar-refractivity contribution is -0.104. The average Bonchev–Trinajstić information content (AvgIpc) is 3.33. The summed E-state index contributed by atoms with van der Waals surface area (Å²) in [7, 11) is 2.43. The molecule has 6 nitrogen and oxygen atoms in total. The summed E-state index contributed by atoms with van der Waals surface area (Å²) in [5.41, 5.74) is 2.42. The van der Waals surface area contributed by atoms with Gasteiger partial charge in [-0.3, -0.25) is 4.79 Å². The van der Waals surface area contributed by atoms with Gasteiger partial charge in [-0.1, -0.05) is 58.6 Å². The Bertz CT molecular complexity index is 1170. The topological polar surface area (TPSA) is 68.5 Å². The first-order valence-electron chi connectivity index (χ1n) is 12.0. The van der Waals surface area contributed by atoms with Gasteiger partial charge in [0.25, 0.3) is 0 Å². The van der Waals surface area contributed by atoms with E-state index in [1.165, 1.54) is 0 Å². The van der Waals surface area contributed by atoms with E-state index in [2.05, 4.69) is 19.4 Å². The first-order valence-corrected chi connectivity index (χ1v) is 12.6. The molecule has 8 heteroatoms. The minimum absolute atomic E-state index is 0.186. The van der Waals surface area contributed by atoms with Crippen LogP contribution in [0, 0.1) is 0 Å². The maximum Gasteiger partial charge on any atom is 0.324 e. The Balaban J connectivity index is 1.56. The zero-order valence-electron chi connectivity index (χ0n) is 20.8. The highest BCUT2D eigenvalue weighted by atomic mass is 31.0. The predicted molar refractivity (Wildman–Crippen MR) is 139 cm³/mol. The summed E-state index contributed by atoms with van der Waals surface area (Å²) in [4.78, 5) is 17.5. The summed E-state index contributed by atoms with van der Waals surface area (Å²) in [6.45, 7) is 8.88. The first kappa shape index (κ1) is 25.3. The van der Waals surface area contributed by atoms with Crippen molar-refractivity contribution in [2.45, 2.75) is 63.9 Å². The van der Waals surface area contributed by atoms with Crippen LogP contribution in [0.3, 0.4) is 0 Å².